The van der Waals surface area contributed by atoms with Crippen molar-refractivity contribution in [1.29, 1.82) is 0 Å². The largest absolute Gasteiger partial charge is 1.00 e. The van der Waals surface area contributed by atoms with Crippen LogP contribution in [0.25, 0.3) is 44.5 Å². The van der Waals surface area contributed by atoms with Crippen molar-refractivity contribution in [2.45, 2.75) is 336 Å². The van der Waals surface area contributed by atoms with Gasteiger partial charge in [0.25, 0.3) is 0 Å². The first kappa shape index (κ1) is 90.7. The van der Waals surface area contributed by atoms with Gasteiger partial charge in [0.1, 0.15) is 0 Å². The maximum absolute atomic E-state index is 3.18. The molecule has 4 aliphatic rings. The second-order valence-corrected chi connectivity index (χ2v) is 37.6. The molecule has 0 radical (unpaired) electrons. The van der Waals surface area contributed by atoms with Gasteiger partial charge in [-0.2, -0.15) is 0 Å². The van der Waals surface area contributed by atoms with Crippen molar-refractivity contribution in [1.82, 2.24) is 0 Å². The van der Waals surface area contributed by atoms with Gasteiger partial charge >= 0.3 is 44.8 Å². The Morgan fingerprint density at radius 3 is 0.769 bits per heavy atom. The summed E-state index contributed by atoms with van der Waals surface area (Å²) in [7, 11) is -0.240. The van der Waals surface area contributed by atoms with E-state index in [0.29, 0.717) is 35.5 Å². The van der Waals surface area contributed by atoms with E-state index in [9.17, 15) is 0 Å². The first-order valence-electron chi connectivity index (χ1n) is 41.7. The standard InChI is InChI=1S/2C33H49P.2C12H9.2C5H12.2Au/c2*1-23(2)26-21-30(24(3)4)33(31(22-26)25(5)6)29-19-13-14-20-32(29)34(27-15-9-7-10-16-27)28-17-11-8-12-18-28;2*1-3-7-11(8-4-1)12-9-5-2-6-10-12;2*1-3-5-4-2;;/h2*13-14,19-25,27-28H,7-12,15-18H2,1-6H3;2*1-9H;2*3-5H2,1-2H3;;/q;;2*-1;;;2*+1. The van der Waals surface area contributed by atoms with E-state index in [1.54, 1.807) is 55.1 Å². The van der Waals surface area contributed by atoms with Gasteiger partial charge in [-0.3, -0.25) is 0 Å². The average molecular weight is 1800 g/mol. The molecular formula is C100H140Au2P2. The SMILES string of the molecule is CC(C)c1cc(C(C)C)c(-c2ccccc2P(C2CCCCC2)C2CCCCC2)c(C(C)C)c1.CC(C)c1cc(C(C)C)c(-c2ccccc2P(C2CCCCC2)C2CCCCC2)c(C(C)C)c1.CCCCC.CCCCC.[Au+].[Au+].[c-]1ccccc1-c1ccccc1.[c-]1ccccc1-c1ccccc1. The molecular weight excluding hydrogens is 1660 g/mol. The fourth-order valence-electron chi connectivity index (χ4n) is 16.3. The normalized spacial score (nSPS) is 15.2. The third-order valence-corrected chi connectivity index (χ3v) is 29.1. The minimum absolute atomic E-state index is 0. The Labute approximate surface area is 673 Å². The van der Waals surface area contributed by atoms with Crippen LogP contribution in [0.4, 0.5) is 0 Å². The Kier molecular flexibility index (Phi) is 43.6. The number of hydrogen-bond acceptors (Lipinski definition) is 0. The molecule has 0 saturated heterocycles. The molecule has 104 heavy (non-hydrogen) atoms. The Morgan fingerprint density at radius 1 is 0.298 bits per heavy atom. The third-order valence-electron chi connectivity index (χ3n) is 22.0. The van der Waals surface area contributed by atoms with E-state index in [2.05, 4.69) is 232 Å². The van der Waals surface area contributed by atoms with Crippen LogP contribution in [0.2, 0.25) is 0 Å². The van der Waals surface area contributed by atoms with Crippen LogP contribution in [0, 0.1) is 12.1 Å². The van der Waals surface area contributed by atoms with Crippen molar-refractivity contribution >= 4 is 26.5 Å². The van der Waals surface area contributed by atoms with E-state index in [4.69, 9.17) is 0 Å². The van der Waals surface area contributed by atoms with Crippen molar-refractivity contribution in [3.63, 3.8) is 0 Å². The quantitative estimate of drug-likeness (QED) is 0.0405. The summed E-state index contributed by atoms with van der Waals surface area (Å²) in [5.41, 5.74) is 24.2. The topological polar surface area (TPSA) is 0 Å². The molecule has 0 aromatic heterocycles. The minimum Gasteiger partial charge on any atom is -0.147 e. The molecule has 0 spiro atoms. The molecule has 4 fully saturated rings. The van der Waals surface area contributed by atoms with E-state index in [1.165, 1.54) is 189 Å². The Balaban J connectivity index is 0.000000256. The molecule has 4 saturated carbocycles. The van der Waals surface area contributed by atoms with Crippen molar-refractivity contribution in [3.8, 4) is 44.5 Å². The third kappa shape index (κ3) is 27.9. The van der Waals surface area contributed by atoms with Crippen LogP contribution < -0.4 is 10.6 Å². The van der Waals surface area contributed by atoms with E-state index < -0.39 is 0 Å². The Morgan fingerprint density at radius 2 is 0.548 bits per heavy atom. The molecule has 4 heteroatoms. The zero-order valence-electron chi connectivity index (χ0n) is 68.0. The van der Waals surface area contributed by atoms with Gasteiger partial charge < -0.3 is 0 Å². The second-order valence-electron chi connectivity index (χ2n) is 32.1. The van der Waals surface area contributed by atoms with Gasteiger partial charge in [-0.15, -0.1) is 71.8 Å². The van der Waals surface area contributed by atoms with Crippen molar-refractivity contribution in [2.24, 2.45) is 0 Å². The smallest absolute Gasteiger partial charge is 0.147 e. The van der Waals surface area contributed by atoms with Crippen molar-refractivity contribution in [3.05, 3.63) is 228 Å². The van der Waals surface area contributed by atoms with Gasteiger partial charge in [-0.25, -0.2) is 0 Å². The molecule has 0 amide bonds. The molecule has 8 aromatic rings. The summed E-state index contributed by atoms with van der Waals surface area (Å²) in [6.07, 6.45) is 37.4. The molecule has 0 heterocycles. The van der Waals surface area contributed by atoms with E-state index in [-0.39, 0.29) is 60.6 Å². The summed E-state index contributed by atoms with van der Waals surface area (Å²) in [4.78, 5) is 0. The predicted molar refractivity (Wildman–Crippen MR) is 461 cm³/mol. The fraction of sp³-hybridized carbons (Fsp3) is 0.520. The molecule has 0 bridgehead atoms. The minimum atomic E-state index is -0.120. The molecule has 0 nitrogen and oxygen atoms in total. The van der Waals surface area contributed by atoms with Gasteiger partial charge in [0, 0.05) is 0 Å². The summed E-state index contributed by atoms with van der Waals surface area (Å²) in [6, 6.07) is 72.6. The molecule has 0 aliphatic heterocycles. The van der Waals surface area contributed by atoms with Gasteiger partial charge in [-0.05, 0) is 176 Å². The molecule has 8 aromatic carbocycles. The molecule has 572 valence electrons. The van der Waals surface area contributed by atoms with E-state index in [0.717, 1.165) is 33.8 Å². The zero-order chi connectivity index (χ0) is 73.2. The van der Waals surface area contributed by atoms with Crippen LogP contribution in [0.1, 0.15) is 347 Å². The molecule has 0 unspecified atom stereocenters. The van der Waals surface area contributed by atoms with Gasteiger partial charge in [0.15, 0.2) is 0 Å². The average Bonchev–Trinajstić information content (AvgIpc) is 0.766. The van der Waals surface area contributed by atoms with E-state index in [1.807, 2.05) is 72.8 Å². The second kappa shape index (κ2) is 50.0. The van der Waals surface area contributed by atoms with Crippen molar-refractivity contribution < 1.29 is 44.8 Å². The van der Waals surface area contributed by atoms with Gasteiger partial charge in [-0.1, -0.05) is 387 Å². The molecule has 4 aliphatic carbocycles. The maximum Gasteiger partial charge on any atom is 1.00 e. The molecule has 0 N–H and O–H groups in total. The summed E-state index contributed by atoms with van der Waals surface area (Å²) >= 11 is 0. The molecule has 12 rings (SSSR count). The Hall–Kier alpha value is -3.90. The molecule has 0 atom stereocenters. The van der Waals surface area contributed by atoms with Crippen LogP contribution in [0.3, 0.4) is 0 Å². The van der Waals surface area contributed by atoms with E-state index >= 15 is 0 Å². The first-order valence-corrected chi connectivity index (χ1v) is 44.6. The zero-order valence-corrected chi connectivity index (χ0v) is 74.1. The van der Waals surface area contributed by atoms with Crippen LogP contribution in [-0.4, -0.2) is 22.6 Å². The number of rotatable bonds is 20. The fourth-order valence-corrected chi connectivity index (χ4v) is 24.2. The van der Waals surface area contributed by atoms with Crippen LogP contribution in [0.15, 0.2) is 182 Å². The Bertz CT molecular complexity index is 3120. The van der Waals surface area contributed by atoms with Gasteiger partial charge in [0.05, 0.1) is 0 Å². The number of unbranched alkanes of at least 4 members (excludes halogenated alkanes) is 4. The van der Waals surface area contributed by atoms with Crippen LogP contribution in [-0.2, 0) is 44.8 Å². The van der Waals surface area contributed by atoms with Crippen LogP contribution in [0.5, 0.6) is 0 Å². The maximum atomic E-state index is 3.18. The number of hydrogen-bond donors (Lipinski definition) is 0. The van der Waals surface area contributed by atoms with Gasteiger partial charge in [0.2, 0.25) is 0 Å². The summed E-state index contributed by atoms with van der Waals surface area (Å²) in [5.74, 6) is 3.29. The number of benzene rings is 8. The first-order chi connectivity index (χ1) is 49.5. The summed E-state index contributed by atoms with van der Waals surface area (Å²) < 4.78 is 0. The predicted octanol–water partition coefficient (Wildman–Crippen LogP) is 31.7. The van der Waals surface area contributed by atoms with Crippen molar-refractivity contribution in [2.75, 3.05) is 0 Å². The summed E-state index contributed by atoms with van der Waals surface area (Å²) in [6.45, 7) is 37.5. The summed E-state index contributed by atoms with van der Waals surface area (Å²) in [5, 5.41) is 3.50. The van der Waals surface area contributed by atoms with Crippen LogP contribution >= 0.6 is 15.8 Å². The monoisotopic (exact) mass is 1800 g/mol.